The maximum atomic E-state index is 10.9. The number of aromatic nitrogens is 1. The average molecular weight is 273 g/mol. The fraction of sp³-hybridized carbons (Fsp3) is 0.200. The molecule has 0 saturated heterocycles. The lowest BCUT2D eigenvalue weighted by Gasteiger charge is -2.09. The number of pyridine rings is 1. The molecule has 0 saturated carbocycles. The highest BCUT2D eigenvalue weighted by molar-refractivity contribution is 5.88. The quantitative estimate of drug-likeness (QED) is 0.905. The van der Waals surface area contributed by atoms with Crippen molar-refractivity contribution in [2.24, 2.45) is 0 Å². The minimum absolute atomic E-state index is 0.228. The molecule has 0 spiro atoms. The molecule has 0 unspecified atom stereocenters. The van der Waals surface area contributed by atoms with E-state index >= 15 is 0 Å². The van der Waals surface area contributed by atoms with E-state index in [4.69, 9.17) is 14.6 Å². The Labute approximate surface area is 116 Å². The van der Waals surface area contributed by atoms with Gasteiger partial charge in [0.15, 0.2) is 0 Å². The number of nitrogens with zero attached hydrogens (tertiary/aromatic N) is 1. The first kappa shape index (κ1) is 13.9. The first-order valence-electron chi connectivity index (χ1n) is 6.22. The van der Waals surface area contributed by atoms with Crippen LogP contribution in [0.1, 0.15) is 22.8 Å². The van der Waals surface area contributed by atoms with Crippen LogP contribution in [0.5, 0.6) is 17.5 Å². The molecule has 0 atom stereocenters. The average Bonchev–Trinajstić information content (AvgIpc) is 2.42. The predicted octanol–water partition coefficient (Wildman–Crippen LogP) is 3.28. The molecule has 0 aliphatic carbocycles. The third kappa shape index (κ3) is 3.26. The molecule has 104 valence electrons. The van der Waals surface area contributed by atoms with Gasteiger partial charge in [0.05, 0.1) is 12.2 Å². The summed E-state index contributed by atoms with van der Waals surface area (Å²) in [5.74, 6) is 0.499. The summed E-state index contributed by atoms with van der Waals surface area (Å²) in [7, 11) is 0. The van der Waals surface area contributed by atoms with Crippen LogP contribution < -0.4 is 9.47 Å². The summed E-state index contributed by atoms with van der Waals surface area (Å²) in [4.78, 5) is 15.1. The smallest absolute Gasteiger partial charge is 0.335 e. The minimum atomic E-state index is -0.962. The van der Waals surface area contributed by atoms with Gasteiger partial charge in [-0.3, -0.25) is 0 Å². The topological polar surface area (TPSA) is 68.7 Å². The van der Waals surface area contributed by atoms with Crippen LogP contribution in [0.25, 0.3) is 0 Å². The summed E-state index contributed by atoms with van der Waals surface area (Å²) >= 11 is 0. The van der Waals surface area contributed by atoms with Crippen molar-refractivity contribution in [2.45, 2.75) is 13.8 Å². The molecule has 1 aromatic carbocycles. The number of carboxylic acid groups (broad SMARTS) is 1. The van der Waals surface area contributed by atoms with Gasteiger partial charge in [0.2, 0.25) is 11.8 Å². The summed E-state index contributed by atoms with van der Waals surface area (Å²) in [6.07, 6.45) is 0. The molecule has 0 aliphatic heterocycles. The Balaban J connectivity index is 2.21. The van der Waals surface area contributed by atoms with E-state index < -0.39 is 5.97 Å². The number of ether oxygens (including phenoxy) is 2. The second kappa shape index (κ2) is 6.06. The van der Waals surface area contributed by atoms with Gasteiger partial charge in [0, 0.05) is 12.1 Å². The standard InChI is InChI=1S/C15H15NO4/c1-3-19-13-5-4-6-14(16-13)20-12-8-7-11(15(17)18)9-10(12)2/h4-9H,3H2,1-2H3,(H,17,18). The van der Waals surface area contributed by atoms with E-state index in [0.29, 0.717) is 24.1 Å². The van der Waals surface area contributed by atoms with Crippen LogP contribution in [0.4, 0.5) is 0 Å². The monoisotopic (exact) mass is 273 g/mol. The Kier molecular flexibility index (Phi) is 4.20. The van der Waals surface area contributed by atoms with Crippen LogP contribution >= 0.6 is 0 Å². The van der Waals surface area contributed by atoms with Crippen LogP contribution in [0.2, 0.25) is 0 Å². The van der Waals surface area contributed by atoms with E-state index in [9.17, 15) is 4.79 Å². The Morgan fingerprint density at radius 2 is 2.00 bits per heavy atom. The van der Waals surface area contributed by atoms with Crippen molar-refractivity contribution in [1.29, 1.82) is 0 Å². The van der Waals surface area contributed by atoms with Crippen LogP contribution in [0, 0.1) is 6.92 Å². The summed E-state index contributed by atoms with van der Waals surface area (Å²) in [5.41, 5.74) is 0.958. The van der Waals surface area contributed by atoms with Gasteiger partial charge in [-0.15, -0.1) is 0 Å². The highest BCUT2D eigenvalue weighted by Crippen LogP contribution is 2.25. The third-order valence-corrected chi connectivity index (χ3v) is 2.63. The van der Waals surface area contributed by atoms with E-state index in [1.54, 1.807) is 37.3 Å². The number of rotatable bonds is 5. The first-order valence-corrected chi connectivity index (χ1v) is 6.22. The molecule has 5 heteroatoms. The van der Waals surface area contributed by atoms with Gasteiger partial charge >= 0.3 is 5.97 Å². The highest BCUT2D eigenvalue weighted by Gasteiger charge is 2.08. The third-order valence-electron chi connectivity index (χ3n) is 2.63. The molecule has 20 heavy (non-hydrogen) atoms. The number of hydrogen-bond donors (Lipinski definition) is 1. The molecule has 1 N–H and O–H groups in total. The molecule has 1 aromatic heterocycles. The molecule has 1 heterocycles. The van der Waals surface area contributed by atoms with Gasteiger partial charge in [0.25, 0.3) is 0 Å². The Hall–Kier alpha value is -2.56. The molecule has 0 bridgehead atoms. The second-order valence-corrected chi connectivity index (χ2v) is 4.13. The largest absolute Gasteiger partial charge is 0.478 e. The number of carbonyl (C=O) groups is 1. The first-order chi connectivity index (χ1) is 9.60. The minimum Gasteiger partial charge on any atom is -0.478 e. The summed E-state index contributed by atoms with van der Waals surface area (Å²) in [5, 5.41) is 8.92. The lowest BCUT2D eigenvalue weighted by Crippen LogP contribution is -1.99. The lowest BCUT2D eigenvalue weighted by atomic mass is 10.1. The van der Waals surface area contributed by atoms with E-state index in [1.165, 1.54) is 6.07 Å². The van der Waals surface area contributed by atoms with Crippen LogP contribution in [0.15, 0.2) is 36.4 Å². The molecule has 0 aliphatic rings. The number of hydrogen-bond acceptors (Lipinski definition) is 4. The summed E-state index contributed by atoms with van der Waals surface area (Å²) in [6.45, 7) is 4.20. The number of aryl methyl sites for hydroxylation is 1. The molecular formula is C15H15NO4. The van der Waals surface area contributed by atoms with Gasteiger partial charge in [-0.25, -0.2) is 4.79 Å². The van der Waals surface area contributed by atoms with Crippen LogP contribution in [-0.2, 0) is 0 Å². The van der Waals surface area contributed by atoms with Crippen molar-refractivity contribution < 1.29 is 19.4 Å². The van der Waals surface area contributed by atoms with Gasteiger partial charge in [-0.2, -0.15) is 4.98 Å². The molecule has 2 rings (SSSR count). The van der Waals surface area contributed by atoms with E-state index in [-0.39, 0.29) is 5.56 Å². The fourth-order valence-corrected chi connectivity index (χ4v) is 1.69. The molecule has 2 aromatic rings. The predicted molar refractivity (Wildman–Crippen MR) is 73.6 cm³/mol. The lowest BCUT2D eigenvalue weighted by molar-refractivity contribution is 0.0697. The second-order valence-electron chi connectivity index (χ2n) is 4.13. The zero-order valence-electron chi connectivity index (χ0n) is 11.3. The number of aromatic carboxylic acids is 1. The Bertz CT molecular complexity index is 625. The van der Waals surface area contributed by atoms with Crippen molar-refractivity contribution >= 4 is 5.97 Å². The number of benzene rings is 1. The highest BCUT2D eigenvalue weighted by atomic mass is 16.5. The van der Waals surface area contributed by atoms with Gasteiger partial charge < -0.3 is 14.6 Å². The van der Waals surface area contributed by atoms with Gasteiger partial charge in [-0.05, 0) is 37.6 Å². The van der Waals surface area contributed by atoms with E-state index in [1.807, 2.05) is 6.92 Å². The SMILES string of the molecule is CCOc1cccc(Oc2ccc(C(=O)O)cc2C)n1. The van der Waals surface area contributed by atoms with Crippen molar-refractivity contribution in [3.8, 4) is 17.5 Å². The zero-order valence-corrected chi connectivity index (χ0v) is 11.3. The summed E-state index contributed by atoms with van der Waals surface area (Å²) in [6, 6.07) is 9.92. The van der Waals surface area contributed by atoms with E-state index in [0.717, 1.165) is 5.56 Å². The van der Waals surface area contributed by atoms with Crippen molar-refractivity contribution in [3.05, 3.63) is 47.5 Å². The van der Waals surface area contributed by atoms with Crippen molar-refractivity contribution in [3.63, 3.8) is 0 Å². The normalized spacial score (nSPS) is 10.1. The zero-order chi connectivity index (χ0) is 14.5. The maximum absolute atomic E-state index is 10.9. The fourth-order valence-electron chi connectivity index (χ4n) is 1.69. The Morgan fingerprint density at radius 3 is 2.65 bits per heavy atom. The van der Waals surface area contributed by atoms with Gasteiger partial charge in [-0.1, -0.05) is 6.07 Å². The molecule has 0 fully saturated rings. The number of carboxylic acids is 1. The van der Waals surface area contributed by atoms with Gasteiger partial charge in [0.1, 0.15) is 5.75 Å². The van der Waals surface area contributed by atoms with Crippen molar-refractivity contribution in [2.75, 3.05) is 6.61 Å². The molecule has 5 nitrogen and oxygen atoms in total. The molecular weight excluding hydrogens is 258 g/mol. The van der Waals surface area contributed by atoms with Crippen molar-refractivity contribution in [1.82, 2.24) is 4.98 Å². The van der Waals surface area contributed by atoms with Crippen LogP contribution in [0.3, 0.4) is 0 Å². The maximum Gasteiger partial charge on any atom is 0.335 e. The molecule has 0 amide bonds. The van der Waals surface area contributed by atoms with E-state index in [2.05, 4.69) is 4.98 Å². The summed E-state index contributed by atoms with van der Waals surface area (Å²) < 4.78 is 10.9. The molecule has 0 radical (unpaired) electrons. The Morgan fingerprint density at radius 1 is 1.25 bits per heavy atom. The van der Waals surface area contributed by atoms with Crippen LogP contribution in [-0.4, -0.2) is 22.7 Å².